The van der Waals surface area contributed by atoms with Gasteiger partial charge in [-0.15, -0.1) is 0 Å². The molecule has 3 heteroatoms. The molecule has 0 fully saturated rings. The highest BCUT2D eigenvalue weighted by Crippen LogP contribution is 2.01. The minimum atomic E-state index is -1.23. The molecular weight excluding hydrogens is 128 g/mol. The van der Waals surface area contributed by atoms with E-state index in [0.717, 1.165) is 0 Å². The highest BCUT2D eigenvalue weighted by molar-refractivity contribution is 6.74. The first-order valence-electron chi connectivity index (χ1n) is 3.03. The molecule has 9 heavy (non-hydrogen) atoms. The van der Waals surface area contributed by atoms with Gasteiger partial charge in [0, 0.05) is 6.20 Å². The Labute approximate surface area is 56.6 Å². The molecule has 2 nitrogen and oxygen atoms in total. The van der Waals surface area contributed by atoms with Gasteiger partial charge in [-0.05, 0) is 25.7 Å². The highest BCUT2D eigenvalue weighted by atomic mass is 28.3. The summed E-state index contributed by atoms with van der Waals surface area (Å²) in [7, 11) is -1.23. The van der Waals surface area contributed by atoms with Crippen molar-refractivity contribution >= 4 is 8.24 Å². The van der Waals surface area contributed by atoms with Crippen LogP contribution in [-0.4, -0.2) is 17.7 Å². The van der Waals surface area contributed by atoms with Crippen LogP contribution in [0.1, 0.15) is 0 Å². The molecular formula is C6H11N2Si. The quantitative estimate of drug-likeness (QED) is 0.537. The lowest BCUT2D eigenvalue weighted by Gasteiger charge is -2.14. The summed E-state index contributed by atoms with van der Waals surface area (Å²) in [6, 6.07) is 1.85. The van der Waals surface area contributed by atoms with Crippen LogP contribution >= 0.6 is 0 Å². The minimum absolute atomic E-state index is 1.23. The number of hydrogen-bond donors (Lipinski definition) is 0. The molecule has 0 saturated carbocycles. The highest BCUT2D eigenvalue weighted by Gasteiger charge is 2.15. The lowest BCUT2D eigenvalue weighted by Crippen LogP contribution is -2.32. The predicted octanol–water partition coefficient (Wildman–Crippen LogP) is 1.37. The Morgan fingerprint density at radius 3 is 2.33 bits per heavy atom. The lowest BCUT2D eigenvalue weighted by molar-refractivity contribution is 0.927. The Balaban J connectivity index is 2.90. The zero-order valence-corrected chi connectivity index (χ0v) is 7.05. The molecule has 0 spiro atoms. The summed E-state index contributed by atoms with van der Waals surface area (Å²) in [6.45, 7) is 6.70. The predicted molar refractivity (Wildman–Crippen MR) is 39.8 cm³/mol. The third-order valence-corrected chi connectivity index (χ3v) is 2.60. The van der Waals surface area contributed by atoms with E-state index < -0.39 is 8.24 Å². The molecule has 0 N–H and O–H groups in total. The lowest BCUT2D eigenvalue weighted by atomic mass is 10.8. The van der Waals surface area contributed by atoms with Crippen molar-refractivity contribution in [2.24, 2.45) is 0 Å². The average molecular weight is 139 g/mol. The van der Waals surface area contributed by atoms with Crippen molar-refractivity contribution in [2.45, 2.75) is 19.6 Å². The molecule has 0 aromatic carbocycles. The van der Waals surface area contributed by atoms with Gasteiger partial charge in [-0.1, -0.05) is 0 Å². The van der Waals surface area contributed by atoms with Gasteiger partial charge in [-0.25, -0.2) is 0 Å². The number of nitrogens with zero attached hydrogens (tertiary/aromatic N) is 2. The van der Waals surface area contributed by atoms with Crippen molar-refractivity contribution in [3.05, 3.63) is 18.5 Å². The molecule has 1 aromatic rings. The Morgan fingerprint density at radius 1 is 1.44 bits per heavy atom. The molecule has 49 valence electrons. The smallest absolute Gasteiger partial charge is 0.176 e. The van der Waals surface area contributed by atoms with Gasteiger partial charge < -0.3 is 0 Å². The van der Waals surface area contributed by atoms with Crippen LogP contribution in [0.15, 0.2) is 12.3 Å². The molecule has 1 radical (unpaired) electrons. The first kappa shape index (κ1) is 6.55. The average Bonchev–Trinajstić information content (AvgIpc) is 2.08. The van der Waals surface area contributed by atoms with E-state index in [-0.39, 0.29) is 0 Å². The van der Waals surface area contributed by atoms with Crippen molar-refractivity contribution in [3.8, 4) is 0 Å². The molecule has 1 heterocycles. The minimum Gasteiger partial charge on any atom is -0.293 e. The Morgan fingerprint density at radius 2 is 2.11 bits per heavy atom. The summed E-state index contributed by atoms with van der Waals surface area (Å²) in [6.07, 6.45) is 4.82. The standard InChI is InChI=1S/C6H11N2Si/c1-9(2,3)8-6-4-5-7-8/h4-5H,1-3H3. The molecule has 0 aliphatic rings. The zero-order valence-electron chi connectivity index (χ0n) is 6.05. The first-order valence-corrected chi connectivity index (χ1v) is 6.47. The summed E-state index contributed by atoms with van der Waals surface area (Å²) < 4.78 is 1.95. The van der Waals surface area contributed by atoms with Crippen molar-refractivity contribution in [1.29, 1.82) is 0 Å². The van der Waals surface area contributed by atoms with Gasteiger partial charge in [0.1, 0.15) is 0 Å². The van der Waals surface area contributed by atoms with Crippen LogP contribution in [0.25, 0.3) is 0 Å². The molecule has 0 saturated heterocycles. The summed E-state index contributed by atoms with van der Waals surface area (Å²) in [5, 5.41) is 4.11. The SMILES string of the molecule is C[Si](C)(C)n1[c]ccn1. The molecule has 1 aromatic heterocycles. The van der Waals surface area contributed by atoms with E-state index in [9.17, 15) is 0 Å². The van der Waals surface area contributed by atoms with Crippen molar-refractivity contribution < 1.29 is 0 Å². The fraction of sp³-hybridized carbons (Fsp3) is 0.500. The van der Waals surface area contributed by atoms with Gasteiger partial charge in [-0.2, -0.15) is 5.10 Å². The second-order valence-electron chi connectivity index (χ2n) is 3.04. The van der Waals surface area contributed by atoms with E-state index >= 15 is 0 Å². The van der Waals surface area contributed by atoms with Gasteiger partial charge in [0.2, 0.25) is 0 Å². The first-order chi connectivity index (χ1) is 4.11. The summed E-state index contributed by atoms with van der Waals surface area (Å²) in [4.78, 5) is 0. The maximum atomic E-state index is 4.11. The second-order valence-corrected chi connectivity index (χ2v) is 7.81. The van der Waals surface area contributed by atoms with Crippen LogP contribution in [0, 0.1) is 6.20 Å². The van der Waals surface area contributed by atoms with Crippen LogP contribution in [0.3, 0.4) is 0 Å². The van der Waals surface area contributed by atoms with Crippen LogP contribution in [0.5, 0.6) is 0 Å². The van der Waals surface area contributed by atoms with Crippen molar-refractivity contribution in [1.82, 2.24) is 9.45 Å². The summed E-state index contributed by atoms with van der Waals surface area (Å²) >= 11 is 0. The van der Waals surface area contributed by atoms with Gasteiger partial charge in [0.25, 0.3) is 0 Å². The number of hydrogen-bond acceptors (Lipinski definition) is 1. The van der Waals surface area contributed by atoms with E-state index in [0.29, 0.717) is 0 Å². The van der Waals surface area contributed by atoms with E-state index in [1.807, 2.05) is 10.4 Å². The van der Waals surface area contributed by atoms with Crippen molar-refractivity contribution in [2.75, 3.05) is 0 Å². The fourth-order valence-electron chi connectivity index (χ4n) is 0.604. The fourth-order valence-corrected chi connectivity index (χ4v) is 1.48. The van der Waals surface area contributed by atoms with E-state index in [2.05, 4.69) is 30.9 Å². The third-order valence-electron chi connectivity index (χ3n) is 1.09. The summed E-state index contributed by atoms with van der Waals surface area (Å²) in [5.74, 6) is 0. The summed E-state index contributed by atoms with van der Waals surface area (Å²) in [5.41, 5.74) is 0. The number of aromatic nitrogens is 2. The van der Waals surface area contributed by atoms with Crippen LogP contribution in [0.4, 0.5) is 0 Å². The van der Waals surface area contributed by atoms with Gasteiger partial charge in [-0.3, -0.25) is 4.35 Å². The van der Waals surface area contributed by atoms with Gasteiger partial charge in [0.15, 0.2) is 8.24 Å². The second kappa shape index (κ2) is 1.99. The van der Waals surface area contributed by atoms with Gasteiger partial charge in [0.05, 0.1) is 6.20 Å². The number of rotatable bonds is 1. The molecule has 1 rings (SSSR count). The normalized spacial score (nSPS) is 11.9. The Hall–Kier alpha value is -0.573. The zero-order chi connectivity index (χ0) is 6.91. The van der Waals surface area contributed by atoms with Crippen LogP contribution < -0.4 is 0 Å². The van der Waals surface area contributed by atoms with Crippen molar-refractivity contribution in [3.63, 3.8) is 0 Å². The molecule has 0 bridgehead atoms. The largest absolute Gasteiger partial charge is 0.293 e. The Bertz CT molecular complexity index is 173. The monoisotopic (exact) mass is 139 g/mol. The molecule has 0 unspecified atom stereocenters. The van der Waals surface area contributed by atoms with E-state index in [1.54, 1.807) is 6.20 Å². The molecule has 0 aliphatic heterocycles. The molecule has 0 atom stereocenters. The van der Waals surface area contributed by atoms with E-state index in [1.165, 1.54) is 0 Å². The van der Waals surface area contributed by atoms with Crippen LogP contribution in [-0.2, 0) is 0 Å². The van der Waals surface area contributed by atoms with E-state index in [4.69, 9.17) is 0 Å². The third kappa shape index (κ3) is 1.42. The molecule has 0 amide bonds. The Kier molecular flexibility index (Phi) is 1.44. The topological polar surface area (TPSA) is 17.8 Å². The van der Waals surface area contributed by atoms with Crippen LogP contribution in [0.2, 0.25) is 19.6 Å². The maximum absolute atomic E-state index is 4.11. The van der Waals surface area contributed by atoms with Gasteiger partial charge >= 0.3 is 0 Å². The maximum Gasteiger partial charge on any atom is 0.176 e. The molecule has 0 aliphatic carbocycles.